The topological polar surface area (TPSA) is 32.3 Å². The van der Waals surface area contributed by atoms with Crippen LogP contribution in [0.1, 0.15) is 23.6 Å². The van der Waals surface area contributed by atoms with E-state index in [1.165, 1.54) is 10.5 Å². The fourth-order valence-electron chi connectivity index (χ4n) is 2.49. The molecule has 0 radical (unpaired) electrons. The number of aromatic hydroxyl groups is 1. The standard InChI is InChI=1S/C16H17NOS/c1-11-10-12(18)6-7-14(11)17-15-8-9-19-16-5-3-2-4-13(15)16/h2-7,10,15,17-18H,8-9H2,1H3. The summed E-state index contributed by atoms with van der Waals surface area (Å²) in [5.41, 5.74) is 3.56. The van der Waals surface area contributed by atoms with Crippen LogP contribution in [0, 0.1) is 6.92 Å². The molecule has 0 aromatic heterocycles. The van der Waals surface area contributed by atoms with Gasteiger partial charge in [0.1, 0.15) is 5.75 Å². The molecule has 1 aliphatic heterocycles. The molecule has 0 amide bonds. The van der Waals surface area contributed by atoms with Gasteiger partial charge in [-0.25, -0.2) is 0 Å². The molecule has 1 aliphatic rings. The van der Waals surface area contributed by atoms with Gasteiger partial charge in [-0.1, -0.05) is 18.2 Å². The van der Waals surface area contributed by atoms with Crippen LogP contribution in [-0.4, -0.2) is 10.9 Å². The Kier molecular flexibility index (Phi) is 3.38. The number of fused-ring (bicyclic) bond motifs is 1. The summed E-state index contributed by atoms with van der Waals surface area (Å²) in [6.07, 6.45) is 1.13. The van der Waals surface area contributed by atoms with E-state index < -0.39 is 0 Å². The van der Waals surface area contributed by atoms with Gasteiger partial charge in [-0.2, -0.15) is 0 Å². The van der Waals surface area contributed by atoms with Crippen molar-refractivity contribution in [3.05, 3.63) is 53.6 Å². The fraction of sp³-hybridized carbons (Fsp3) is 0.250. The molecular formula is C16H17NOS. The maximum absolute atomic E-state index is 9.47. The summed E-state index contributed by atoms with van der Waals surface area (Å²) in [5.74, 6) is 1.47. The van der Waals surface area contributed by atoms with Crippen LogP contribution in [0.2, 0.25) is 0 Å². The third-order valence-corrected chi connectivity index (χ3v) is 4.62. The minimum Gasteiger partial charge on any atom is -0.508 e. The van der Waals surface area contributed by atoms with Gasteiger partial charge >= 0.3 is 0 Å². The molecule has 0 saturated carbocycles. The highest BCUT2D eigenvalue weighted by Crippen LogP contribution is 2.38. The van der Waals surface area contributed by atoms with Crippen molar-refractivity contribution < 1.29 is 5.11 Å². The second-order valence-electron chi connectivity index (χ2n) is 4.87. The Labute approximate surface area is 117 Å². The summed E-state index contributed by atoms with van der Waals surface area (Å²) in [6, 6.07) is 14.4. The molecule has 2 nitrogen and oxygen atoms in total. The van der Waals surface area contributed by atoms with Crippen LogP contribution in [-0.2, 0) is 0 Å². The molecule has 0 fully saturated rings. The second kappa shape index (κ2) is 5.17. The predicted octanol–water partition coefficient (Wildman–Crippen LogP) is 4.35. The lowest BCUT2D eigenvalue weighted by Crippen LogP contribution is -2.16. The average molecular weight is 271 g/mol. The third kappa shape index (κ3) is 2.56. The van der Waals surface area contributed by atoms with Crippen molar-refractivity contribution in [3.63, 3.8) is 0 Å². The van der Waals surface area contributed by atoms with Gasteiger partial charge in [0, 0.05) is 16.3 Å². The lowest BCUT2D eigenvalue weighted by molar-refractivity contribution is 0.475. The first kappa shape index (κ1) is 12.4. The van der Waals surface area contributed by atoms with Crippen LogP contribution in [0.25, 0.3) is 0 Å². The molecule has 3 rings (SSSR count). The van der Waals surface area contributed by atoms with E-state index in [1.807, 2.05) is 24.8 Å². The van der Waals surface area contributed by atoms with E-state index in [-0.39, 0.29) is 0 Å². The first-order chi connectivity index (χ1) is 9.24. The maximum atomic E-state index is 9.47. The van der Waals surface area contributed by atoms with Crippen molar-refractivity contribution in [2.75, 3.05) is 11.1 Å². The van der Waals surface area contributed by atoms with Gasteiger partial charge in [-0.15, -0.1) is 11.8 Å². The largest absolute Gasteiger partial charge is 0.508 e. The Morgan fingerprint density at radius 3 is 2.89 bits per heavy atom. The van der Waals surface area contributed by atoms with Crippen molar-refractivity contribution in [2.45, 2.75) is 24.3 Å². The van der Waals surface area contributed by atoms with E-state index in [2.05, 4.69) is 29.6 Å². The number of hydrogen-bond acceptors (Lipinski definition) is 3. The van der Waals surface area contributed by atoms with Gasteiger partial charge in [0.05, 0.1) is 6.04 Å². The van der Waals surface area contributed by atoms with E-state index >= 15 is 0 Å². The molecule has 98 valence electrons. The monoisotopic (exact) mass is 271 g/mol. The highest BCUT2D eigenvalue weighted by molar-refractivity contribution is 7.99. The van der Waals surface area contributed by atoms with Gasteiger partial charge in [-0.05, 0) is 48.7 Å². The first-order valence-corrected chi connectivity index (χ1v) is 7.50. The zero-order valence-electron chi connectivity index (χ0n) is 10.9. The Morgan fingerprint density at radius 1 is 1.21 bits per heavy atom. The van der Waals surface area contributed by atoms with E-state index in [1.54, 1.807) is 12.1 Å². The Balaban J connectivity index is 1.88. The summed E-state index contributed by atoms with van der Waals surface area (Å²) >= 11 is 1.93. The normalized spacial score (nSPS) is 17.8. The summed E-state index contributed by atoms with van der Waals surface area (Å²) in [5, 5.41) is 13.1. The number of phenolic OH excluding ortho intramolecular Hbond substituents is 1. The van der Waals surface area contributed by atoms with Crippen molar-refractivity contribution in [2.24, 2.45) is 0 Å². The molecule has 2 aromatic carbocycles. The van der Waals surface area contributed by atoms with Crippen LogP contribution < -0.4 is 5.32 Å². The van der Waals surface area contributed by atoms with Gasteiger partial charge in [-0.3, -0.25) is 0 Å². The number of phenols is 1. The first-order valence-electron chi connectivity index (χ1n) is 6.52. The van der Waals surface area contributed by atoms with Gasteiger partial charge in [0.25, 0.3) is 0 Å². The van der Waals surface area contributed by atoms with Gasteiger partial charge in [0.15, 0.2) is 0 Å². The molecule has 0 bridgehead atoms. The number of thioether (sulfide) groups is 1. The van der Waals surface area contributed by atoms with Crippen molar-refractivity contribution >= 4 is 17.4 Å². The van der Waals surface area contributed by atoms with Crippen molar-refractivity contribution in [1.29, 1.82) is 0 Å². The maximum Gasteiger partial charge on any atom is 0.115 e. The Hall–Kier alpha value is -1.61. The molecule has 3 heteroatoms. The third-order valence-electron chi connectivity index (χ3n) is 3.50. The summed E-state index contributed by atoms with van der Waals surface area (Å²) in [7, 11) is 0. The Morgan fingerprint density at radius 2 is 2.05 bits per heavy atom. The minimum atomic E-state index is 0.322. The highest BCUT2D eigenvalue weighted by Gasteiger charge is 2.20. The number of benzene rings is 2. The molecule has 0 aliphatic carbocycles. The lowest BCUT2D eigenvalue weighted by atomic mass is 10.0. The molecule has 0 spiro atoms. The van der Waals surface area contributed by atoms with Crippen molar-refractivity contribution in [3.8, 4) is 5.75 Å². The average Bonchev–Trinajstić information content (AvgIpc) is 2.42. The van der Waals surface area contributed by atoms with Gasteiger partial charge < -0.3 is 10.4 Å². The van der Waals surface area contributed by atoms with Gasteiger partial charge in [0.2, 0.25) is 0 Å². The minimum absolute atomic E-state index is 0.322. The molecule has 2 aromatic rings. The molecule has 1 unspecified atom stereocenters. The smallest absolute Gasteiger partial charge is 0.115 e. The number of aryl methyl sites for hydroxylation is 1. The Bertz CT molecular complexity index is 597. The molecule has 19 heavy (non-hydrogen) atoms. The number of rotatable bonds is 2. The van der Waals surface area contributed by atoms with E-state index in [0.29, 0.717) is 11.8 Å². The zero-order chi connectivity index (χ0) is 13.2. The lowest BCUT2D eigenvalue weighted by Gasteiger charge is -2.27. The van der Waals surface area contributed by atoms with Crippen LogP contribution in [0.5, 0.6) is 5.75 Å². The summed E-state index contributed by atoms with van der Waals surface area (Å²) in [6.45, 7) is 2.02. The van der Waals surface area contributed by atoms with E-state index in [0.717, 1.165) is 23.4 Å². The quantitative estimate of drug-likeness (QED) is 0.796. The van der Waals surface area contributed by atoms with Crippen LogP contribution in [0.3, 0.4) is 0 Å². The SMILES string of the molecule is Cc1cc(O)ccc1NC1CCSc2ccccc21. The summed E-state index contributed by atoms with van der Waals surface area (Å²) in [4.78, 5) is 1.38. The molecule has 1 atom stereocenters. The highest BCUT2D eigenvalue weighted by atomic mass is 32.2. The summed E-state index contributed by atoms with van der Waals surface area (Å²) < 4.78 is 0. The zero-order valence-corrected chi connectivity index (χ0v) is 11.7. The molecule has 2 N–H and O–H groups in total. The number of anilines is 1. The van der Waals surface area contributed by atoms with Crippen LogP contribution >= 0.6 is 11.8 Å². The molecule has 1 heterocycles. The molecular weight excluding hydrogens is 254 g/mol. The second-order valence-corrected chi connectivity index (χ2v) is 6.01. The van der Waals surface area contributed by atoms with E-state index in [9.17, 15) is 5.11 Å². The number of hydrogen-bond donors (Lipinski definition) is 2. The van der Waals surface area contributed by atoms with Crippen molar-refractivity contribution in [1.82, 2.24) is 0 Å². The number of nitrogens with one attached hydrogen (secondary N) is 1. The molecule has 0 saturated heterocycles. The van der Waals surface area contributed by atoms with Crippen LogP contribution in [0.15, 0.2) is 47.4 Å². The predicted molar refractivity (Wildman–Crippen MR) is 81.0 cm³/mol. The van der Waals surface area contributed by atoms with Crippen LogP contribution in [0.4, 0.5) is 5.69 Å². The fourth-order valence-corrected chi connectivity index (χ4v) is 3.61. The van der Waals surface area contributed by atoms with E-state index in [4.69, 9.17) is 0 Å².